The molecular weight excluding hydrogens is 218 g/mol. The Morgan fingerprint density at radius 3 is 2.57 bits per heavy atom. The number of halogens is 2. The molecule has 0 spiro atoms. The second kappa shape index (κ2) is 6.52. The van der Waals surface area contributed by atoms with E-state index in [0.717, 1.165) is 0 Å². The summed E-state index contributed by atoms with van der Waals surface area (Å²) in [6, 6.07) is 0. The molecule has 9 heteroatoms. The van der Waals surface area contributed by atoms with Crippen LogP contribution in [0.25, 0.3) is 10.4 Å². The molecule has 0 aromatic carbocycles. The van der Waals surface area contributed by atoms with Gasteiger partial charge in [-0.1, -0.05) is 5.11 Å². The highest BCUT2D eigenvalue weighted by molar-refractivity contribution is 7.89. The van der Waals surface area contributed by atoms with Crippen molar-refractivity contribution in [1.82, 2.24) is 4.72 Å². The van der Waals surface area contributed by atoms with Crippen LogP contribution in [0.1, 0.15) is 12.8 Å². The van der Waals surface area contributed by atoms with Crippen molar-refractivity contribution < 1.29 is 17.2 Å². The van der Waals surface area contributed by atoms with Gasteiger partial charge >= 0.3 is 5.76 Å². The molecule has 0 aromatic heterocycles. The number of hydrogen-bond acceptors (Lipinski definition) is 3. The largest absolute Gasteiger partial charge is 0.350 e. The fourth-order valence-electron chi connectivity index (χ4n) is 0.630. The maximum absolute atomic E-state index is 11.7. The van der Waals surface area contributed by atoms with Gasteiger partial charge in [-0.15, -0.1) is 0 Å². The zero-order valence-electron chi connectivity index (χ0n) is 7.23. The summed E-state index contributed by atoms with van der Waals surface area (Å²) in [6.45, 7) is 0.153. The quantitative estimate of drug-likeness (QED) is 0.307. The summed E-state index contributed by atoms with van der Waals surface area (Å²) in [7, 11) is -4.48. The van der Waals surface area contributed by atoms with E-state index in [1.54, 1.807) is 4.72 Å². The molecule has 82 valence electrons. The van der Waals surface area contributed by atoms with E-state index >= 15 is 0 Å². The van der Waals surface area contributed by atoms with Gasteiger partial charge < -0.3 is 0 Å². The Bertz CT molecular complexity index is 299. The summed E-state index contributed by atoms with van der Waals surface area (Å²) < 4.78 is 46.1. The van der Waals surface area contributed by atoms with E-state index in [0.29, 0.717) is 12.8 Å². The Morgan fingerprint density at radius 1 is 1.43 bits per heavy atom. The van der Waals surface area contributed by atoms with E-state index in [1.165, 1.54) is 0 Å². The lowest BCUT2D eigenvalue weighted by atomic mass is 10.3. The number of nitrogens with zero attached hydrogens (tertiary/aromatic N) is 3. The van der Waals surface area contributed by atoms with E-state index in [9.17, 15) is 17.2 Å². The van der Waals surface area contributed by atoms with E-state index in [2.05, 4.69) is 10.0 Å². The number of alkyl halides is 2. The summed E-state index contributed by atoms with van der Waals surface area (Å²) in [4.78, 5) is 2.48. The van der Waals surface area contributed by atoms with E-state index < -0.39 is 15.8 Å². The smallest absolute Gasteiger partial charge is 0.210 e. The molecule has 0 radical (unpaired) electrons. The van der Waals surface area contributed by atoms with E-state index in [4.69, 9.17) is 5.53 Å². The van der Waals surface area contributed by atoms with Crippen LogP contribution >= 0.6 is 0 Å². The zero-order valence-corrected chi connectivity index (χ0v) is 8.04. The van der Waals surface area contributed by atoms with Gasteiger partial charge in [0.15, 0.2) is 0 Å². The zero-order chi connectivity index (χ0) is 11.0. The molecule has 0 aromatic rings. The standard InChI is InChI=1S/C5H10F2N4O2S/c6-5(7)14(12,13)10-4-2-1-3-9-11-8/h5,10H,1-4H2. The molecule has 14 heavy (non-hydrogen) atoms. The molecule has 6 nitrogen and oxygen atoms in total. The Hall–Kier alpha value is -0.920. The van der Waals surface area contributed by atoms with Crippen LogP contribution in [-0.4, -0.2) is 27.3 Å². The number of sulfonamides is 1. The first-order chi connectivity index (χ1) is 6.50. The minimum atomic E-state index is -4.48. The summed E-state index contributed by atoms with van der Waals surface area (Å²) in [5, 5.41) is 3.20. The molecule has 1 N–H and O–H groups in total. The van der Waals surface area contributed by atoms with Gasteiger partial charge in [0.2, 0.25) is 0 Å². The molecule has 0 bridgehead atoms. The molecule has 0 heterocycles. The molecule has 0 aliphatic heterocycles. The van der Waals surface area contributed by atoms with Gasteiger partial charge in [-0.25, -0.2) is 13.1 Å². The second-order valence-electron chi connectivity index (χ2n) is 2.36. The van der Waals surface area contributed by atoms with Gasteiger partial charge in [0.1, 0.15) is 0 Å². The third kappa shape index (κ3) is 5.68. The summed E-state index contributed by atoms with van der Waals surface area (Å²) >= 11 is 0. The number of hydrogen-bond donors (Lipinski definition) is 1. The second-order valence-corrected chi connectivity index (χ2v) is 4.10. The summed E-state index contributed by atoms with van der Waals surface area (Å²) in [5.41, 5.74) is 7.87. The molecule has 0 rings (SSSR count). The molecule has 0 aliphatic carbocycles. The van der Waals surface area contributed by atoms with Crippen molar-refractivity contribution in [2.45, 2.75) is 18.6 Å². The summed E-state index contributed by atoms with van der Waals surface area (Å²) in [6.07, 6.45) is 0.806. The molecule has 0 amide bonds. The molecule has 0 saturated carbocycles. The van der Waals surface area contributed by atoms with Crippen molar-refractivity contribution in [1.29, 1.82) is 0 Å². The van der Waals surface area contributed by atoms with Crippen LogP contribution in [0.5, 0.6) is 0 Å². The number of nitrogens with one attached hydrogen (secondary N) is 1. The minimum Gasteiger partial charge on any atom is -0.210 e. The first-order valence-corrected chi connectivity index (χ1v) is 5.33. The number of rotatable bonds is 7. The van der Waals surface area contributed by atoms with Gasteiger partial charge in [0, 0.05) is 18.0 Å². The van der Waals surface area contributed by atoms with Crippen LogP contribution in [0.3, 0.4) is 0 Å². The SMILES string of the molecule is [N-]=[N+]=NCCCCNS(=O)(=O)C(F)F. The van der Waals surface area contributed by atoms with Crippen molar-refractivity contribution >= 4 is 10.0 Å². The maximum Gasteiger partial charge on any atom is 0.350 e. The van der Waals surface area contributed by atoms with Crippen molar-refractivity contribution in [2.24, 2.45) is 5.11 Å². The Balaban J connectivity index is 3.60. The van der Waals surface area contributed by atoms with Crippen LogP contribution in [-0.2, 0) is 10.0 Å². The lowest BCUT2D eigenvalue weighted by Crippen LogP contribution is -2.30. The average Bonchev–Trinajstić information content (AvgIpc) is 2.10. The highest BCUT2D eigenvalue weighted by Gasteiger charge is 2.22. The molecule has 0 aliphatic rings. The Morgan fingerprint density at radius 2 is 2.07 bits per heavy atom. The molecule has 0 fully saturated rings. The normalized spacial score (nSPS) is 11.4. The van der Waals surface area contributed by atoms with Crippen LogP contribution in [0.4, 0.5) is 8.78 Å². The predicted molar refractivity (Wildman–Crippen MR) is 46.2 cm³/mol. The topological polar surface area (TPSA) is 94.9 Å². The third-order valence-corrected chi connectivity index (χ3v) is 2.36. The molecular formula is C5H10F2N4O2S. The first kappa shape index (κ1) is 13.1. The van der Waals surface area contributed by atoms with Gasteiger partial charge in [0.05, 0.1) is 0 Å². The van der Waals surface area contributed by atoms with Gasteiger partial charge in [-0.3, -0.25) is 0 Å². The van der Waals surface area contributed by atoms with Crippen LogP contribution in [0, 0.1) is 0 Å². The third-order valence-electron chi connectivity index (χ3n) is 1.29. The van der Waals surface area contributed by atoms with Crippen LogP contribution in [0.15, 0.2) is 5.11 Å². The fourth-order valence-corrected chi connectivity index (χ4v) is 1.18. The van der Waals surface area contributed by atoms with Crippen molar-refractivity contribution in [2.75, 3.05) is 13.1 Å². The number of azide groups is 1. The highest BCUT2D eigenvalue weighted by atomic mass is 32.2. The van der Waals surface area contributed by atoms with E-state index in [-0.39, 0.29) is 13.1 Å². The highest BCUT2D eigenvalue weighted by Crippen LogP contribution is 2.01. The monoisotopic (exact) mass is 228 g/mol. The Kier molecular flexibility index (Phi) is 6.09. The van der Waals surface area contributed by atoms with Crippen LogP contribution < -0.4 is 4.72 Å². The van der Waals surface area contributed by atoms with Crippen LogP contribution in [0.2, 0.25) is 0 Å². The minimum absolute atomic E-state index is 0.0758. The first-order valence-electron chi connectivity index (χ1n) is 3.78. The predicted octanol–water partition coefficient (Wildman–Crippen LogP) is 1.22. The molecule has 0 unspecified atom stereocenters. The Labute approximate surface area is 80.0 Å². The summed E-state index contributed by atoms with van der Waals surface area (Å²) in [5.74, 6) is -3.40. The lowest BCUT2D eigenvalue weighted by Gasteiger charge is -2.03. The molecule has 0 saturated heterocycles. The van der Waals surface area contributed by atoms with Gasteiger partial charge in [-0.05, 0) is 18.4 Å². The average molecular weight is 228 g/mol. The fraction of sp³-hybridized carbons (Fsp3) is 1.00. The van der Waals surface area contributed by atoms with E-state index in [1.807, 2.05) is 0 Å². The van der Waals surface area contributed by atoms with Crippen molar-refractivity contribution in [3.8, 4) is 0 Å². The lowest BCUT2D eigenvalue weighted by molar-refractivity contribution is 0.232. The maximum atomic E-state index is 11.7. The number of unbranched alkanes of at least 4 members (excludes halogenated alkanes) is 1. The van der Waals surface area contributed by atoms with Gasteiger partial charge in [0.25, 0.3) is 10.0 Å². The van der Waals surface area contributed by atoms with Crippen molar-refractivity contribution in [3.05, 3.63) is 10.4 Å². The van der Waals surface area contributed by atoms with Gasteiger partial charge in [-0.2, -0.15) is 8.78 Å². The van der Waals surface area contributed by atoms with Crippen molar-refractivity contribution in [3.63, 3.8) is 0 Å². The molecule has 0 atom stereocenters.